The number of likely N-dealkylation sites (tertiary alicyclic amines) is 1. The van der Waals surface area contributed by atoms with Crippen molar-refractivity contribution in [3.8, 4) is 0 Å². The van der Waals surface area contributed by atoms with E-state index in [4.69, 9.17) is 4.99 Å². The first kappa shape index (κ1) is 17.8. The zero-order valence-corrected chi connectivity index (χ0v) is 17.4. The van der Waals surface area contributed by atoms with Gasteiger partial charge in [-0.2, -0.15) is 0 Å². The largest absolute Gasteiger partial charge is 0.367 e. The Morgan fingerprint density at radius 2 is 1.80 bits per heavy atom. The Balaban J connectivity index is 1.21. The zero-order valence-electron chi connectivity index (χ0n) is 17.4. The van der Waals surface area contributed by atoms with Gasteiger partial charge >= 0.3 is 0 Å². The Kier molecular flexibility index (Phi) is 4.37. The van der Waals surface area contributed by atoms with Crippen molar-refractivity contribution in [2.24, 2.45) is 4.99 Å². The molecule has 0 aliphatic carbocycles. The smallest absolute Gasteiger partial charge is 0.109 e. The van der Waals surface area contributed by atoms with Gasteiger partial charge in [-0.15, -0.1) is 0 Å². The average Bonchev–Trinajstić information content (AvgIpc) is 3.44. The molecule has 1 aromatic heterocycles. The van der Waals surface area contributed by atoms with E-state index in [-0.39, 0.29) is 0 Å². The van der Waals surface area contributed by atoms with Crippen LogP contribution >= 0.6 is 0 Å². The number of aromatic nitrogens is 1. The van der Waals surface area contributed by atoms with Crippen LogP contribution in [0, 0.1) is 0 Å². The van der Waals surface area contributed by atoms with Crippen molar-refractivity contribution in [1.29, 1.82) is 0 Å². The van der Waals surface area contributed by atoms with Gasteiger partial charge in [0.05, 0.1) is 5.69 Å². The number of H-pyrrole nitrogens is 1. The van der Waals surface area contributed by atoms with Crippen molar-refractivity contribution in [2.45, 2.75) is 32.1 Å². The number of fused-ring (bicyclic) bond motifs is 2. The minimum atomic E-state index is 0.955. The van der Waals surface area contributed by atoms with Crippen LogP contribution < -0.4 is 4.90 Å². The zero-order chi connectivity index (χ0) is 19.9. The summed E-state index contributed by atoms with van der Waals surface area (Å²) in [6, 6.07) is 15.5. The minimum Gasteiger partial charge on any atom is -0.367 e. The molecule has 1 saturated heterocycles. The van der Waals surface area contributed by atoms with E-state index in [2.05, 4.69) is 69.5 Å². The summed E-state index contributed by atoms with van der Waals surface area (Å²) in [7, 11) is 0. The van der Waals surface area contributed by atoms with Gasteiger partial charge < -0.3 is 14.8 Å². The molecule has 1 fully saturated rings. The summed E-state index contributed by atoms with van der Waals surface area (Å²) in [5.41, 5.74) is 7.89. The number of benzene rings is 2. The van der Waals surface area contributed by atoms with Crippen molar-refractivity contribution in [2.75, 3.05) is 31.1 Å². The van der Waals surface area contributed by atoms with Crippen molar-refractivity contribution in [3.63, 3.8) is 0 Å². The average molecular weight is 397 g/mol. The van der Waals surface area contributed by atoms with Crippen molar-refractivity contribution in [1.82, 2.24) is 9.88 Å². The van der Waals surface area contributed by atoms with Crippen LogP contribution in [0.15, 0.2) is 59.7 Å². The van der Waals surface area contributed by atoms with Crippen molar-refractivity contribution >= 4 is 33.7 Å². The molecule has 0 amide bonds. The van der Waals surface area contributed by atoms with Crippen LogP contribution in [0.2, 0.25) is 0 Å². The highest BCUT2D eigenvalue weighted by Gasteiger charge is 2.23. The fraction of sp³-hybridized carbons (Fsp3) is 0.346. The summed E-state index contributed by atoms with van der Waals surface area (Å²) >= 11 is 0. The number of hydrogen-bond acceptors (Lipinski definition) is 3. The SMILES string of the molecule is C1=C(c2c[nH]c3ccccc23)CCN(c2ccc3c(c2)N=C(N2CCCCC2)C3)C1. The second-order valence-electron chi connectivity index (χ2n) is 8.74. The summed E-state index contributed by atoms with van der Waals surface area (Å²) in [5.74, 6) is 1.28. The lowest BCUT2D eigenvalue weighted by molar-refractivity contribution is 0.339. The number of nitrogens with zero attached hydrogens (tertiary/aromatic N) is 3. The van der Waals surface area contributed by atoms with Crippen LogP contribution in [-0.4, -0.2) is 41.9 Å². The van der Waals surface area contributed by atoms with Gasteiger partial charge in [0.1, 0.15) is 5.84 Å². The first-order valence-corrected chi connectivity index (χ1v) is 11.3. The normalized spacial score (nSPS) is 19.1. The van der Waals surface area contributed by atoms with Gasteiger partial charge in [0, 0.05) is 61.0 Å². The van der Waals surface area contributed by atoms with Crippen molar-refractivity contribution in [3.05, 3.63) is 65.9 Å². The number of nitrogens with one attached hydrogen (secondary N) is 1. The molecule has 3 aliphatic heterocycles. The summed E-state index contributed by atoms with van der Waals surface area (Å²) < 4.78 is 0. The van der Waals surface area contributed by atoms with Crippen LogP contribution in [0.5, 0.6) is 0 Å². The molecule has 0 radical (unpaired) electrons. The molecule has 1 N–H and O–H groups in total. The van der Waals surface area contributed by atoms with Gasteiger partial charge in [0.15, 0.2) is 0 Å². The van der Waals surface area contributed by atoms with E-state index in [1.807, 2.05) is 0 Å². The number of rotatable bonds is 2. The molecule has 6 rings (SSSR count). The molecule has 2 aromatic carbocycles. The van der Waals surface area contributed by atoms with E-state index >= 15 is 0 Å². The molecule has 4 heterocycles. The molecule has 3 aromatic rings. The van der Waals surface area contributed by atoms with Crippen LogP contribution in [0.4, 0.5) is 11.4 Å². The first-order valence-electron chi connectivity index (χ1n) is 11.3. The Labute approximate surface area is 177 Å². The molecular formula is C26H28N4. The van der Waals surface area contributed by atoms with Crippen molar-refractivity contribution < 1.29 is 0 Å². The number of amidine groups is 1. The Morgan fingerprint density at radius 1 is 0.900 bits per heavy atom. The maximum absolute atomic E-state index is 5.02. The Hall–Kier alpha value is -3.01. The van der Waals surface area contributed by atoms with Gasteiger partial charge in [0.2, 0.25) is 0 Å². The summed E-state index contributed by atoms with van der Waals surface area (Å²) in [5, 5.41) is 1.33. The number of hydrogen-bond donors (Lipinski definition) is 1. The third-order valence-electron chi connectivity index (χ3n) is 6.90. The molecule has 0 spiro atoms. The first-order chi connectivity index (χ1) is 14.8. The van der Waals surface area contributed by atoms with E-state index in [9.17, 15) is 0 Å². The van der Waals surface area contributed by atoms with Crippen LogP contribution in [-0.2, 0) is 6.42 Å². The van der Waals surface area contributed by atoms with E-state index in [1.165, 1.54) is 77.2 Å². The predicted octanol–water partition coefficient (Wildman–Crippen LogP) is 5.53. The third kappa shape index (κ3) is 3.11. The molecule has 4 nitrogen and oxygen atoms in total. The maximum atomic E-state index is 5.02. The van der Waals surface area contributed by atoms with Gasteiger partial charge in [-0.25, -0.2) is 4.99 Å². The van der Waals surface area contributed by atoms with Gasteiger partial charge in [-0.1, -0.05) is 30.3 Å². The second-order valence-corrected chi connectivity index (χ2v) is 8.74. The highest BCUT2D eigenvalue weighted by molar-refractivity contribution is 5.94. The lowest BCUT2D eigenvalue weighted by Gasteiger charge is -2.28. The molecule has 0 bridgehead atoms. The van der Waals surface area contributed by atoms with E-state index in [1.54, 1.807) is 0 Å². The van der Waals surface area contributed by atoms with Gasteiger partial charge in [0.25, 0.3) is 0 Å². The monoisotopic (exact) mass is 396 g/mol. The van der Waals surface area contributed by atoms with Crippen LogP contribution in [0.25, 0.3) is 16.5 Å². The standard InChI is InChI=1S/C26H28N4/c1-4-12-30(13-5-1)26-16-20-8-9-21(17-25(20)28-26)29-14-10-19(11-15-29)23-18-27-24-7-3-2-6-22(23)24/h2-3,6-10,17-18,27H,1,4-5,11-16H2. The number of piperidine rings is 1. The summed E-state index contributed by atoms with van der Waals surface area (Å²) in [6.07, 6.45) is 10.6. The van der Waals surface area contributed by atoms with Gasteiger partial charge in [-0.05, 0) is 55.0 Å². The van der Waals surface area contributed by atoms with E-state index in [0.717, 1.165) is 25.9 Å². The highest BCUT2D eigenvalue weighted by atomic mass is 15.2. The van der Waals surface area contributed by atoms with Crippen LogP contribution in [0.1, 0.15) is 36.8 Å². The Morgan fingerprint density at radius 3 is 2.67 bits per heavy atom. The molecule has 0 saturated carbocycles. The highest BCUT2D eigenvalue weighted by Crippen LogP contribution is 2.35. The fourth-order valence-corrected chi connectivity index (χ4v) is 5.17. The fourth-order valence-electron chi connectivity index (χ4n) is 5.17. The molecular weight excluding hydrogens is 368 g/mol. The number of anilines is 1. The molecule has 0 unspecified atom stereocenters. The lowest BCUT2D eigenvalue weighted by atomic mass is 9.98. The molecule has 30 heavy (non-hydrogen) atoms. The number of aliphatic imine (C=N–C) groups is 1. The number of para-hydroxylation sites is 1. The quantitative estimate of drug-likeness (QED) is 0.618. The van der Waals surface area contributed by atoms with E-state index < -0.39 is 0 Å². The minimum absolute atomic E-state index is 0.955. The maximum Gasteiger partial charge on any atom is 0.109 e. The Bertz CT molecular complexity index is 1150. The molecule has 152 valence electrons. The molecule has 4 heteroatoms. The number of aromatic amines is 1. The summed E-state index contributed by atoms with van der Waals surface area (Å²) in [4.78, 5) is 13.4. The second kappa shape index (κ2) is 7.35. The topological polar surface area (TPSA) is 34.6 Å². The van der Waals surface area contributed by atoms with Crippen LogP contribution in [0.3, 0.4) is 0 Å². The lowest BCUT2D eigenvalue weighted by Crippen LogP contribution is -2.35. The molecule has 0 atom stereocenters. The summed E-state index contributed by atoms with van der Waals surface area (Å²) in [6.45, 7) is 4.35. The van der Waals surface area contributed by atoms with E-state index in [0.29, 0.717) is 0 Å². The van der Waals surface area contributed by atoms with Gasteiger partial charge in [-0.3, -0.25) is 0 Å². The molecule has 3 aliphatic rings. The predicted molar refractivity (Wildman–Crippen MR) is 126 cm³/mol. The third-order valence-corrected chi connectivity index (χ3v) is 6.90.